The van der Waals surface area contributed by atoms with E-state index in [0.29, 0.717) is 42.5 Å². The lowest BCUT2D eigenvalue weighted by Gasteiger charge is -2.13. The standard InChI is InChI=1S/C23H30N2O5/c1-16-7-11-25(12-8-17-4-5-19(28-2)20(14-17)29-3)23(27)21(16)22(26)24-10-6-18-9-13-30-15-18/h4-5,7,11,14,18H,6,8-10,12-13,15H2,1-3H3,(H,24,26). The van der Waals surface area contributed by atoms with Crippen LogP contribution in [0.3, 0.4) is 0 Å². The number of methoxy groups -OCH3 is 2. The molecule has 1 aromatic carbocycles. The minimum atomic E-state index is -0.308. The SMILES string of the molecule is COc1ccc(CCn2ccc(C)c(C(=O)NCCC3CCOC3)c2=O)cc1OC. The molecule has 3 rings (SSSR count). The van der Waals surface area contributed by atoms with E-state index in [2.05, 4.69) is 5.32 Å². The molecule has 0 radical (unpaired) electrons. The highest BCUT2D eigenvalue weighted by molar-refractivity contribution is 5.95. The first kappa shape index (κ1) is 21.9. The van der Waals surface area contributed by atoms with Crippen molar-refractivity contribution < 1.29 is 19.0 Å². The van der Waals surface area contributed by atoms with Gasteiger partial charge in [-0.15, -0.1) is 0 Å². The van der Waals surface area contributed by atoms with Crippen molar-refractivity contribution in [2.75, 3.05) is 34.0 Å². The number of carbonyl (C=O) groups is 1. The quantitative estimate of drug-likeness (QED) is 0.682. The van der Waals surface area contributed by atoms with E-state index < -0.39 is 0 Å². The average Bonchev–Trinajstić information content (AvgIpc) is 3.26. The van der Waals surface area contributed by atoms with Crippen LogP contribution in [0.1, 0.15) is 34.3 Å². The molecular formula is C23H30N2O5. The molecule has 0 aliphatic carbocycles. The maximum Gasteiger partial charge on any atom is 0.263 e. The van der Waals surface area contributed by atoms with Gasteiger partial charge in [-0.3, -0.25) is 9.59 Å². The molecule has 2 heterocycles. The summed E-state index contributed by atoms with van der Waals surface area (Å²) >= 11 is 0. The van der Waals surface area contributed by atoms with E-state index in [1.807, 2.05) is 24.3 Å². The fourth-order valence-electron chi connectivity index (χ4n) is 3.69. The van der Waals surface area contributed by atoms with Crippen molar-refractivity contribution >= 4 is 5.91 Å². The first-order valence-electron chi connectivity index (χ1n) is 10.3. The number of carbonyl (C=O) groups excluding carboxylic acids is 1. The zero-order valence-electron chi connectivity index (χ0n) is 17.9. The van der Waals surface area contributed by atoms with Crippen molar-refractivity contribution in [3.63, 3.8) is 0 Å². The fraction of sp³-hybridized carbons (Fsp3) is 0.478. The third-order valence-corrected chi connectivity index (χ3v) is 5.55. The van der Waals surface area contributed by atoms with Crippen molar-refractivity contribution in [3.05, 3.63) is 57.5 Å². The third kappa shape index (κ3) is 5.21. The Kier molecular flexibility index (Phi) is 7.52. The van der Waals surface area contributed by atoms with Crippen molar-refractivity contribution in [3.8, 4) is 11.5 Å². The number of rotatable bonds is 9. The van der Waals surface area contributed by atoms with Gasteiger partial charge in [-0.05, 0) is 61.4 Å². The molecule has 1 aliphatic heterocycles. The van der Waals surface area contributed by atoms with Crippen LogP contribution in [-0.4, -0.2) is 44.5 Å². The van der Waals surface area contributed by atoms with Crippen molar-refractivity contribution in [2.24, 2.45) is 5.92 Å². The molecular weight excluding hydrogens is 384 g/mol. The molecule has 30 heavy (non-hydrogen) atoms. The highest BCUT2D eigenvalue weighted by atomic mass is 16.5. The zero-order valence-corrected chi connectivity index (χ0v) is 17.9. The fourth-order valence-corrected chi connectivity index (χ4v) is 3.69. The van der Waals surface area contributed by atoms with E-state index >= 15 is 0 Å². The Hall–Kier alpha value is -2.80. The molecule has 1 aromatic heterocycles. The molecule has 7 heteroatoms. The van der Waals surface area contributed by atoms with Gasteiger partial charge < -0.3 is 24.1 Å². The third-order valence-electron chi connectivity index (χ3n) is 5.55. The van der Waals surface area contributed by atoms with Gasteiger partial charge in [-0.2, -0.15) is 0 Å². The van der Waals surface area contributed by atoms with Gasteiger partial charge in [0.1, 0.15) is 5.56 Å². The molecule has 1 atom stereocenters. The Morgan fingerprint density at radius 2 is 2.03 bits per heavy atom. The van der Waals surface area contributed by atoms with E-state index in [-0.39, 0.29) is 17.0 Å². The first-order chi connectivity index (χ1) is 14.5. The summed E-state index contributed by atoms with van der Waals surface area (Å²) in [7, 11) is 3.19. The molecule has 1 aliphatic rings. The highest BCUT2D eigenvalue weighted by Gasteiger charge is 2.18. The molecule has 0 saturated carbocycles. The Morgan fingerprint density at radius 1 is 1.23 bits per heavy atom. The molecule has 1 amide bonds. The number of pyridine rings is 1. The predicted octanol–water partition coefficient (Wildman–Crippen LogP) is 2.57. The molecule has 1 fully saturated rings. The van der Waals surface area contributed by atoms with Gasteiger partial charge in [-0.25, -0.2) is 0 Å². The van der Waals surface area contributed by atoms with Gasteiger partial charge >= 0.3 is 0 Å². The monoisotopic (exact) mass is 414 g/mol. The second kappa shape index (κ2) is 10.3. The van der Waals surface area contributed by atoms with Gasteiger partial charge in [-0.1, -0.05) is 6.07 Å². The number of benzene rings is 1. The lowest BCUT2D eigenvalue weighted by molar-refractivity contribution is 0.0947. The van der Waals surface area contributed by atoms with Crippen LogP contribution >= 0.6 is 0 Å². The summed E-state index contributed by atoms with van der Waals surface area (Å²) in [4.78, 5) is 25.6. The zero-order chi connectivity index (χ0) is 21.5. The van der Waals surface area contributed by atoms with Crippen LogP contribution in [0.15, 0.2) is 35.3 Å². The summed E-state index contributed by atoms with van der Waals surface area (Å²) < 4.78 is 17.6. The molecule has 0 bridgehead atoms. The van der Waals surface area contributed by atoms with Gasteiger partial charge in [0.15, 0.2) is 11.5 Å². The summed E-state index contributed by atoms with van der Waals surface area (Å²) in [6.45, 7) is 4.35. The lowest BCUT2D eigenvalue weighted by atomic mass is 10.1. The summed E-state index contributed by atoms with van der Waals surface area (Å²) in [5.74, 6) is 1.49. The van der Waals surface area contributed by atoms with Crippen LogP contribution in [-0.2, 0) is 17.7 Å². The molecule has 1 N–H and O–H groups in total. The van der Waals surface area contributed by atoms with E-state index in [4.69, 9.17) is 14.2 Å². The number of nitrogens with one attached hydrogen (secondary N) is 1. The van der Waals surface area contributed by atoms with Crippen LogP contribution < -0.4 is 20.3 Å². The summed E-state index contributed by atoms with van der Waals surface area (Å²) in [5.41, 5.74) is 1.65. The van der Waals surface area contributed by atoms with E-state index in [1.165, 1.54) is 0 Å². The van der Waals surface area contributed by atoms with Crippen molar-refractivity contribution in [1.29, 1.82) is 0 Å². The number of ether oxygens (including phenoxy) is 3. The molecule has 1 saturated heterocycles. The Morgan fingerprint density at radius 3 is 2.73 bits per heavy atom. The van der Waals surface area contributed by atoms with Crippen LogP contribution in [0, 0.1) is 12.8 Å². The normalized spacial score (nSPS) is 15.8. The lowest BCUT2D eigenvalue weighted by Crippen LogP contribution is -2.35. The summed E-state index contributed by atoms with van der Waals surface area (Å²) in [6, 6.07) is 7.51. The van der Waals surface area contributed by atoms with Crippen LogP contribution in [0.2, 0.25) is 0 Å². The number of hydrogen-bond acceptors (Lipinski definition) is 5. The number of nitrogens with zero attached hydrogens (tertiary/aromatic N) is 1. The van der Waals surface area contributed by atoms with Crippen molar-refractivity contribution in [1.82, 2.24) is 9.88 Å². The van der Waals surface area contributed by atoms with Gasteiger partial charge in [0.25, 0.3) is 11.5 Å². The summed E-state index contributed by atoms with van der Waals surface area (Å²) in [5, 5.41) is 2.90. The number of amides is 1. The topological polar surface area (TPSA) is 78.8 Å². The summed E-state index contributed by atoms with van der Waals surface area (Å²) in [6.07, 6.45) is 4.27. The smallest absolute Gasteiger partial charge is 0.263 e. The first-order valence-corrected chi connectivity index (χ1v) is 10.3. The molecule has 162 valence electrons. The second-order valence-electron chi connectivity index (χ2n) is 7.59. The number of aryl methyl sites for hydroxylation is 3. The minimum Gasteiger partial charge on any atom is -0.493 e. The van der Waals surface area contributed by atoms with Crippen molar-refractivity contribution in [2.45, 2.75) is 32.7 Å². The van der Waals surface area contributed by atoms with E-state index in [1.54, 1.807) is 31.9 Å². The Bertz CT molecular complexity index is 932. The molecule has 2 aromatic rings. The number of hydrogen-bond donors (Lipinski definition) is 1. The average molecular weight is 415 g/mol. The van der Waals surface area contributed by atoms with Crippen LogP contribution in [0.4, 0.5) is 0 Å². The van der Waals surface area contributed by atoms with Gasteiger partial charge in [0.05, 0.1) is 14.2 Å². The Labute approximate surface area is 177 Å². The minimum absolute atomic E-state index is 0.215. The van der Waals surface area contributed by atoms with E-state index in [0.717, 1.165) is 31.6 Å². The highest BCUT2D eigenvalue weighted by Crippen LogP contribution is 2.27. The Balaban J connectivity index is 1.66. The maximum atomic E-state index is 12.9. The molecule has 1 unspecified atom stereocenters. The second-order valence-corrected chi connectivity index (χ2v) is 7.59. The van der Waals surface area contributed by atoms with Crippen LogP contribution in [0.25, 0.3) is 0 Å². The van der Waals surface area contributed by atoms with Gasteiger partial charge in [0, 0.05) is 32.5 Å². The largest absolute Gasteiger partial charge is 0.493 e. The van der Waals surface area contributed by atoms with Crippen LogP contribution in [0.5, 0.6) is 11.5 Å². The molecule has 7 nitrogen and oxygen atoms in total. The van der Waals surface area contributed by atoms with E-state index in [9.17, 15) is 9.59 Å². The maximum absolute atomic E-state index is 12.9. The van der Waals surface area contributed by atoms with Gasteiger partial charge in [0.2, 0.25) is 0 Å². The number of aromatic nitrogens is 1. The molecule has 0 spiro atoms. The predicted molar refractivity (Wildman–Crippen MR) is 115 cm³/mol.